The summed E-state index contributed by atoms with van der Waals surface area (Å²) in [5.41, 5.74) is 0. The van der Waals surface area contributed by atoms with Gasteiger partial charge in [-0.3, -0.25) is 0 Å². The van der Waals surface area contributed by atoms with Crippen molar-refractivity contribution in [2.75, 3.05) is 60.9 Å². The Bertz CT molecular complexity index is 158. The van der Waals surface area contributed by atoms with Crippen molar-refractivity contribution < 1.29 is 5.11 Å². The van der Waals surface area contributed by atoms with Crippen molar-refractivity contribution in [2.45, 2.75) is 25.9 Å². The molecule has 0 saturated carbocycles. The first-order chi connectivity index (χ1) is 7.91. The summed E-state index contributed by atoms with van der Waals surface area (Å²) in [6.07, 6.45) is 2.11. The van der Waals surface area contributed by atoms with E-state index in [0.717, 1.165) is 32.7 Å². The molecule has 4 nitrogen and oxygen atoms in total. The largest absolute Gasteiger partial charge is 0.392 e. The van der Waals surface area contributed by atoms with Crippen LogP contribution in [0.4, 0.5) is 0 Å². The molecule has 4 heteroatoms. The van der Waals surface area contributed by atoms with Crippen molar-refractivity contribution in [2.24, 2.45) is 0 Å². The Morgan fingerprint density at radius 2 is 1.24 bits per heavy atom. The smallest absolute Gasteiger partial charge is 0.0639 e. The number of aliphatic hydroxyl groups excluding tert-OH is 1. The van der Waals surface area contributed by atoms with Crippen LogP contribution in [0.15, 0.2) is 0 Å². The lowest BCUT2D eigenvalue weighted by atomic mass is 10.2. The fraction of sp³-hybridized carbons (Fsp3) is 1.00. The predicted molar refractivity (Wildman–Crippen MR) is 74.5 cm³/mol. The number of nitrogens with zero attached hydrogens (tertiary/aromatic N) is 3. The van der Waals surface area contributed by atoms with Crippen LogP contribution < -0.4 is 0 Å². The molecule has 104 valence electrons. The van der Waals surface area contributed by atoms with E-state index in [-0.39, 0.29) is 6.10 Å². The Balaban J connectivity index is 3.79. The fourth-order valence-corrected chi connectivity index (χ4v) is 1.89. The average molecular weight is 245 g/mol. The van der Waals surface area contributed by atoms with E-state index >= 15 is 0 Å². The first kappa shape index (κ1) is 16.8. The minimum absolute atomic E-state index is 0.228. The fourth-order valence-electron chi connectivity index (χ4n) is 1.89. The molecule has 0 aromatic carbocycles. The van der Waals surface area contributed by atoms with Gasteiger partial charge in [-0.25, -0.2) is 0 Å². The highest BCUT2D eigenvalue weighted by molar-refractivity contribution is 4.63. The first-order valence-electron chi connectivity index (χ1n) is 6.61. The van der Waals surface area contributed by atoms with Gasteiger partial charge in [0.15, 0.2) is 0 Å². The van der Waals surface area contributed by atoms with Crippen LogP contribution in [0, 0.1) is 0 Å². The van der Waals surface area contributed by atoms with Crippen LogP contribution in [0.25, 0.3) is 0 Å². The van der Waals surface area contributed by atoms with E-state index in [1.54, 1.807) is 0 Å². The molecule has 0 rings (SSSR count). The molecule has 0 aromatic heterocycles. The van der Waals surface area contributed by atoms with Crippen molar-refractivity contribution >= 4 is 0 Å². The molecule has 0 fully saturated rings. The van der Waals surface area contributed by atoms with Gasteiger partial charge in [-0.05, 0) is 74.1 Å². The quantitative estimate of drug-likeness (QED) is 0.609. The monoisotopic (exact) mass is 245 g/mol. The Kier molecular flexibility index (Phi) is 9.74. The highest BCUT2D eigenvalue weighted by Gasteiger charge is 2.08. The molecule has 0 spiro atoms. The lowest BCUT2D eigenvalue weighted by molar-refractivity contribution is 0.121. The molecule has 0 heterocycles. The average Bonchev–Trinajstić information content (AvgIpc) is 2.15. The molecule has 0 aliphatic heterocycles. The van der Waals surface area contributed by atoms with E-state index in [1.807, 2.05) is 6.92 Å². The SMILES string of the molecule is C[C@H](O)CN(CCCN(C)C)CCCN(C)C. The number of hydrogen-bond acceptors (Lipinski definition) is 4. The van der Waals surface area contributed by atoms with Crippen molar-refractivity contribution in [3.05, 3.63) is 0 Å². The maximum atomic E-state index is 9.48. The highest BCUT2D eigenvalue weighted by atomic mass is 16.3. The molecular formula is C13H31N3O. The van der Waals surface area contributed by atoms with E-state index in [1.165, 1.54) is 12.8 Å². The summed E-state index contributed by atoms with van der Waals surface area (Å²) < 4.78 is 0. The summed E-state index contributed by atoms with van der Waals surface area (Å²) >= 11 is 0. The highest BCUT2D eigenvalue weighted by Crippen LogP contribution is 1.98. The van der Waals surface area contributed by atoms with E-state index in [4.69, 9.17) is 0 Å². The molecule has 1 N–H and O–H groups in total. The van der Waals surface area contributed by atoms with E-state index in [0.29, 0.717) is 0 Å². The van der Waals surface area contributed by atoms with Gasteiger partial charge in [-0.1, -0.05) is 0 Å². The molecule has 0 amide bonds. The van der Waals surface area contributed by atoms with Gasteiger partial charge in [0.25, 0.3) is 0 Å². The molecule has 0 aliphatic rings. The maximum Gasteiger partial charge on any atom is 0.0639 e. The van der Waals surface area contributed by atoms with Gasteiger partial charge >= 0.3 is 0 Å². The third kappa shape index (κ3) is 12.1. The molecule has 0 bridgehead atoms. The Hall–Kier alpha value is -0.160. The topological polar surface area (TPSA) is 30.0 Å². The summed E-state index contributed by atoms with van der Waals surface area (Å²) in [5, 5.41) is 9.48. The first-order valence-corrected chi connectivity index (χ1v) is 6.61. The summed E-state index contributed by atoms with van der Waals surface area (Å²) in [7, 11) is 8.41. The molecular weight excluding hydrogens is 214 g/mol. The second-order valence-corrected chi connectivity index (χ2v) is 5.46. The van der Waals surface area contributed by atoms with Crippen LogP contribution in [-0.4, -0.2) is 86.8 Å². The second kappa shape index (κ2) is 9.83. The van der Waals surface area contributed by atoms with E-state index < -0.39 is 0 Å². The minimum atomic E-state index is -0.228. The number of hydrogen-bond donors (Lipinski definition) is 1. The van der Waals surface area contributed by atoms with Gasteiger partial charge < -0.3 is 19.8 Å². The Morgan fingerprint density at radius 3 is 1.53 bits per heavy atom. The van der Waals surface area contributed by atoms with Crippen LogP contribution in [0.5, 0.6) is 0 Å². The van der Waals surface area contributed by atoms with Gasteiger partial charge in [-0.2, -0.15) is 0 Å². The summed E-state index contributed by atoms with van der Waals surface area (Å²) in [4.78, 5) is 6.79. The standard InChI is InChI=1S/C13H31N3O/c1-13(17)12-16(10-6-8-14(2)3)11-7-9-15(4)5/h13,17H,6-12H2,1-5H3/t13-/m0/s1. The summed E-state index contributed by atoms with van der Waals surface area (Å²) in [5.74, 6) is 0. The number of rotatable bonds is 10. The van der Waals surface area contributed by atoms with Gasteiger partial charge in [0.2, 0.25) is 0 Å². The van der Waals surface area contributed by atoms with Crippen molar-refractivity contribution in [1.29, 1.82) is 0 Å². The van der Waals surface area contributed by atoms with Crippen LogP contribution in [0.3, 0.4) is 0 Å². The Morgan fingerprint density at radius 1 is 0.824 bits per heavy atom. The zero-order chi connectivity index (χ0) is 13.3. The van der Waals surface area contributed by atoms with Crippen molar-refractivity contribution in [1.82, 2.24) is 14.7 Å². The van der Waals surface area contributed by atoms with Gasteiger partial charge in [0.1, 0.15) is 0 Å². The molecule has 17 heavy (non-hydrogen) atoms. The van der Waals surface area contributed by atoms with Crippen LogP contribution in [0.2, 0.25) is 0 Å². The minimum Gasteiger partial charge on any atom is -0.392 e. The number of aliphatic hydroxyl groups is 1. The van der Waals surface area contributed by atoms with Crippen LogP contribution in [-0.2, 0) is 0 Å². The molecule has 0 radical (unpaired) electrons. The van der Waals surface area contributed by atoms with Crippen LogP contribution >= 0.6 is 0 Å². The lowest BCUT2D eigenvalue weighted by Gasteiger charge is -2.25. The van der Waals surface area contributed by atoms with E-state index in [9.17, 15) is 5.11 Å². The summed E-state index contributed by atoms with van der Waals surface area (Å²) in [6.45, 7) is 7.05. The van der Waals surface area contributed by atoms with E-state index in [2.05, 4.69) is 42.9 Å². The molecule has 0 unspecified atom stereocenters. The Labute approximate surface area is 107 Å². The third-order valence-corrected chi connectivity index (χ3v) is 2.68. The van der Waals surface area contributed by atoms with Gasteiger partial charge in [0.05, 0.1) is 6.10 Å². The van der Waals surface area contributed by atoms with Crippen molar-refractivity contribution in [3.8, 4) is 0 Å². The summed E-state index contributed by atoms with van der Waals surface area (Å²) in [6, 6.07) is 0. The molecule has 0 aromatic rings. The normalized spacial score (nSPS) is 13.9. The molecule has 0 saturated heterocycles. The zero-order valence-corrected chi connectivity index (χ0v) is 12.3. The van der Waals surface area contributed by atoms with Gasteiger partial charge in [-0.15, -0.1) is 0 Å². The molecule has 1 atom stereocenters. The van der Waals surface area contributed by atoms with Gasteiger partial charge in [0, 0.05) is 6.54 Å². The zero-order valence-electron chi connectivity index (χ0n) is 12.3. The second-order valence-electron chi connectivity index (χ2n) is 5.46. The third-order valence-electron chi connectivity index (χ3n) is 2.68. The van der Waals surface area contributed by atoms with Crippen LogP contribution in [0.1, 0.15) is 19.8 Å². The van der Waals surface area contributed by atoms with Crippen molar-refractivity contribution in [3.63, 3.8) is 0 Å². The predicted octanol–water partition coefficient (Wildman–Crippen LogP) is 0.573. The lowest BCUT2D eigenvalue weighted by Crippen LogP contribution is -2.35. The maximum absolute atomic E-state index is 9.48. The molecule has 0 aliphatic carbocycles.